The average Bonchev–Trinajstić information content (AvgIpc) is 3.39. The second-order valence-electron chi connectivity index (χ2n) is 7.12. The van der Waals surface area contributed by atoms with E-state index < -0.39 is 0 Å². The van der Waals surface area contributed by atoms with Gasteiger partial charge in [0.15, 0.2) is 0 Å². The highest BCUT2D eigenvalue weighted by Gasteiger charge is 2.16. The van der Waals surface area contributed by atoms with Crippen LogP contribution in [0.25, 0.3) is 44.6 Å². The van der Waals surface area contributed by atoms with E-state index in [0.29, 0.717) is 11.7 Å². The molecule has 0 radical (unpaired) electrons. The van der Waals surface area contributed by atoms with Gasteiger partial charge >= 0.3 is 0 Å². The number of rotatable bonds is 4. The van der Waals surface area contributed by atoms with Crippen LogP contribution >= 0.6 is 0 Å². The maximum absolute atomic E-state index is 5.57. The number of hydrogen-bond acceptors (Lipinski definition) is 6. The van der Waals surface area contributed by atoms with Crippen molar-refractivity contribution in [2.75, 3.05) is 7.11 Å². The lowest BCUT2D eigenvalue weighted by atomic mass is 10.0. The molecule has 0 saturated carbocycles. The van der Waals surface area contributed by atoms with Crippen molar-refractivity contribution in [2.24, 2.45) is 0 Å². The molecule has 3 aromatic carbocycles. The third-order valence-corrected chi connectivity index (χ3v) is 4.98. The summed E-state index contributed by atoms with van der Waals surface area (Å²) in [5, 5.41) is 14.7. The highest BCUT2D eigenvalue weighted by Crippen LogP contribution is 2.34. The van der Waals surface area contributed by atoms with Crippen molar-refractivity contribution in [3.63, 3.8) is 0 Å². The molecule has 2 heterocycles. The molecule has 7 heteroatoms. The van der Waals surface area contributed by atoms with Gasteiger partial charge in [-0.1, -0.05) is 34.6 Å². The van der Waals surface area contributed by atoms with Crippen molar-refractivity contribution in [1.82, 2.24) is 25.1 Å². The summed E-state index contributed by atoms with van der Waals surface area (Å²) in [7, 11) is 1.67. The van der Waals surface area contributed by atoms with E-state index in [9.17, 15) is 0 Å². The smallest absolute Gasteiger partial charge is 0.258 e. The zero-order valence-electron chi connectivity index (χ0n) is 16.3. The second-order valence-corrected chi connectivity index (χ2v) is 7.12. The van der Waals surface area contributed by atoms with Crippen molar-refractivity contribution in [1.29, 1.82) is 0 Å². The Bertz CT molecular complexity index is 1340. The lowest BCUT2D eigenvalue weighted by Gasteiger charge is -2.07. The fraction of sp³-hybridized carbons (Fsp3) is 0.182. The fourth-order valence-corrected chi connectivity index (χ4v) is 3.55. The fourth-order valence-electron chi connectivity index (χ4n) is 3.55. The number of aromatic nitrogens is 5. The number of benzene rings is 3. The van der Waals surface area contributed by atoms with E-state index in [1.54, 1.807) is 7.11 Å². The summed E-state index contributed by atoms with van der Waals surface area (Å²) in [6, 6.07) is 18.0. The Morgan fingerprint density at radius 3 is 2.62 bits per heavy atom. The molecule has 2 aromatic heterocycles. The molecule has 5 aromatic rings. The Hall–Kier alpha value is -3.74. The normalized spacial score (nSPS) is 11.6. The molecule has 0 bridgehead atoms. The van der Waals surface area contributed by atoms with Crippen LogP contribution in [0, 0.1) is 0 Å². The van der Waals surface area contributed by atoms with Crippen molar-refractivity contribution in [2.45, 2.75) is 19.9 Å². The van der Waals surface area contributed by atoms with Crippen LogP contribution < -0.4 is 4.74 Å². The van der Waals surface area contributed by atoms with Gasteiger partial charge in [0.1, 0.15) is 11.3 Å². The molecule has 0 N–H and O–H groups in total. The molecule has 0 unspecified atom stereocenters. The number of ether oxygens (including phenoxy) is 1. The Morgan fingerprint density at radius 1 is 1.00 bits per heavy atom. The molecular weight excluding hydrogens is 366 g/mol. The zero-order valence-corrected chi connectivity index (χ0v) is 16.3. The summed E-state index contributed by atoms with van der Waals surface area (Å²) in [6.07, 6.45) is 0. The van der Waals surface area contributed by atoms with Crippen molar-refractivity contribution in [3.05, 3.63) is 54.6 Å². The van der Waals surface area contributed by atoms with Gasteiger partial charge in [-0.15, -0.1) is 5.10 Å². The molecule has 144 valence electrons. The first-order valence-electron chi connectivity index (χ1n) is 9.41. The van der Waals surface area contributed by atoms with Crippen LogP contribution in [0.4, 0.5) is 0 Å². The highest BCUT2D eigenvalue weighted by molar-refractivity contribution is 5.98. The molecule has 0 fully saturated rings. The molecule has 0 amide bonds. The standard InChI is InChI=1S/C22H19N5O2/c1-13(2)27-19-10-8-14(12-18(19)24-26-27)22-23-21(25-29-22)17-9-11-20(28-3)16-7-5-4-6-15(16)17/h4-13H,1-3H3. The largest absolute Gasteiger partial charge is 0.496 e. The summed E-state index contributed by atoms with van der Waals surface area (Å²) >= 11 is 0. The minimum absolute atomic E-state index is 0.240. The average molecular weight is 385 g/mol. The molecule has 0 saturated heterocycles. The van der Waals surface area contributed by atoms with Gasteiger partial charge in [-0.2, -0.15) is 4.98 Å². The Morgan fingerprint density at radius 2 is 1.83 bits per heavy atom. The highest BCUT2D eigenvalue weighted by atomic mass is 16.5. The molecule has 0 aliphatic rings. The van der Waals surface area contributed by atoms with Gasteiger partial charge in [0.25, 0.3) is 5.89 Å². The van der Waals surface area contributed by atoms with Crippen molar-refractivity contribution in [3.8, 4) is 28.6 Å². The van der Waals surface area contributed by atoms with Gasteiger partial charge in [0.2, 0.25) is 5.82 Å². The number of hydrogen-bond donors (Lipinski definition) is 0. The van der Waals surface area contributed by atoms with Gasteiger partial charge in [0, 0.05) is 22.6 Å². The van der Waals surface area contributed by atoms with Crippen LogP contribution in [0.5, 0.6) is 5.75 Å². The summed E-state index contributed by atoms with van der Waals surface area (Å²) < 4.78 is 12.9. The maximum Gasteiger partial charge on any atom is 0.258 e. The van der Waals surface area contributed by atoms with Gasteiger partial charge in [0.05, 0.1) is 12.6 Å². The predicted molar refractivity (Wildman–Crippen MR) is 111 cm³/mol. The van der Waals surface area contributed by atoms with E-state index >= 15 is 0 Å². The molecule has 0 aliphatic carbocycles. The SMILES string of the molecule is COc1ccc(-c2noc(-c3ccc4c(c3)nnn4C(C)C)n2)c2ccccc12. The molecule has 0 aliphatic heterocycles. The zero-order chi connectivity index (χ0) is 20.0. The quantitative estimate of drug-likeness (QED) is 0.438. The second kappa shape index (κ2) is 6.70. The number of fused-ring (bicyclic) bond motifs is 2. The molecular formula is C22H19N5O2. The van der Waals surface area contributed by atoms with Crippen LogP contribution in [-0.4, -0.2) is 32.2 Å². The third kappa shape index (κ3) is 2.82. The molecule has 7 nitrogen and oxygen atoms in total. The molecule has 29 heavy (non-hydrogen) atoms. The van der Waals surface area contributed by atoms with Gasteiger partial charge in [-0.25, -0.2) is 4.68 Å². The van der Waals surface area contributed by atoms with Crippen LogP contribution in [0.3, 0.4) is 0 Å². The minimum Gasteiger partial charge on any atom is -0.496 e. The Balaban J connectivity index is 1.58. The summed E-state index contributed by atoms with van der Waals surface area (Å²) in [5.74, 6) is 1.79. The van der Waals surface area contributed by atoms with Crippen LogP contribution in [0.15, 0.2) is 59.1 Å². The Kier molecular flexibility index (Phi) is 4.01. The van der Waals surface area contributed by atoms with Gasteiger partial charge in [-0.3, -0.25) is 0 Å². The first-order valence-corrected chi connectivity index (χ1v) is 9.41. The van der Waals surface area contributed by atoms with Crippen LogP contribution in [0.1, 0.15) is 19.9 Å². The molecule has 0 atom stereocenters. The van der Waals surface area contributed by atoms with E-state index in [-0.39, 0.29) is 6.04 Å². The van der Waals surface area contributed by atoms with E-state index in [2.05, 4.69) is 34.3 Å². The molecule has 0 spiro atoms. The lowest BCUT2D eigenvalue weighted by Crippen LogP contribution is -2.02. The number of methoxy groups -OCH3 is 1. The van der Waals surface area contributed by atoms with Crippen molar-refractivity contribution >= 4 is 21.8 Å². The third-order valence-electron chi connectivity index (χ3n) is 4.98. The van der Waals surface area contributed by atoms with E-state index in [0.717, 1.165) is 38.7 Å². The first-order chi connectivity index (χ1) is 14.2. The van der Waals surface area contributed by atoms with Crippen LogP contribution in [-0.2, 0) is 0 Å². The van der Waals surface area contributed by atoms with Crippen molar-refractivity contribution < 1.29 is 9.26 Å². The van der Waals surface area contributed by atoms with E-state index in [4.69, 9.17) is 9.26 Å². The summed E-state index contributed by atoms with van der Waals surface area (Å²) in [6.45, 7) is 4.15. The summed E-state index contributed by atoms with van der Waals surface area (Å²) in [5.41, 5.74) is 3.48. The van der Waals surface area contributed by atoms with E-state index in [1.807, 2.05) is 59.3 Å². The molecule has 5 rings (SSSR count). The maximum atomic E-state index is 5.57. The monoisotopic (exact) mass is 385 g/mol. The Labute approximate surface area is 166 Å². The summed E-state index contributed by atoms with van der Waals surface area (Å²) in [4.78, 5) is 4.63. The lowest BCUT2D eigenvalue weighted by molar-refractivity contribution is 0.420. The first kappa shape index (κ1) is 17.4. The predicted octanol–water partition coefficient (Wildman–Crippen LogP) is 4.89. The van der Waals surface area contributed by atoms with Crippen LogP contribution in [0.2, 0.25) is 0 Å². The van der Waals surface area contributed by atoms with Gasteiger partial charge < -0.3 is 9.26 Å². The van der Waals surface area contributed by atoms with Gasteiger partial charge in [-0.05, 0) is 49.6 Å². The topological polar surface area (TPSA) is 78.9 Å². The number of nitrogens with zero attached hydrogens (tertiary/aromatic N) is 5. The minimum atomic E-state index is 0.240. The van der Waals surface area contributed by atoms with E-state index in [1.165, 1.54) is 0 Å².